The molecule has 5 heteroatoms. The second kappa shape index (κ2) is 5.50. The van der Waals surface area contributed by atoms with Gasteiger partial charge in [0.25, 0.3) is 0 Å². The van der Waals surface area contributed by atoms with Gasteiger partial charge in [-0.05, 0) is 34.9 Å². The summed E-state index contributed by atoms with van der Waals surface area (Å²) in [5.41, 5.74) is 0.578. The number of fused-ring (bicyclic) bond motifs is 1. The van der Waals surface area contributed by atoms with E-state index in [0.717, 1.165) is 10.8 Å². The number of benzene rings is 2. The van der Waals surface area contributed by atoms with Crippen molar-refractivity contribution in [3.63, 3.8) is 0 Å². The Bertz CT molecular complexity index is 635. The fraction of sp³-hybridized carbons (Fsp3) is 0.167. The van der Waals surface area contributed by atoms with Crippen LogP contribution in [0.1, 0.15) is 12.5 Å². The number of hydrogen-bond acceptors (Lipinski definition) is 3. The van der Waals surface area contributed by atoms with Gasteiger partial charge >= 0.3 is 29.6 Å². The molecule has 0 saturated heterocycles. The van der Waals surface area contributed by atoms with Crippen LogP contribution in [0.25, 0.3) is 10.8 Å². The quantitative estimate of drug-likeness (QED) is 0.529. The first kappa shape index (κ1) is 14.7. The van der Waals surface area contributed by atoms with Crippen LogP contribution in [0.4, 0.5) is 0 Å². The van der Waals surface area contributed by atoms with Crippen molar-refractivity contribution >= 4 is 20.9 Å². The van der Waals surface area contributed by atoms with E-state index < -0.39 is 10.1 Å². The van der Waals surface area contributed by atoms with E-state index in [2.05, 4.69) is 0 Å². The second-order valence-corrected chi connectivity index (χ2v) is 4.96. The van der Waals surface area contributed by atoms with Gasteiger partial charge in [-0.3, -0.25) is 0 Å². The minimum Gasteiger partial charge on any atom is -0.744 e. The van der Waals surface area contributed by atoms with Crippen LogP contribution in [0.15, 0.2) is 41.3 Å². The summed E-state index contributed by atoms with van der Waals surface area (Å²) in [4.78, 5) is -0.103. The predicted molar refractivity (Wildman–Crippen MR) is 61.3 cm³/mol. The Balaban J connectivity index is 0.00000144. The van der Waals surface area contributed by atoms with Gasteiger partial charge in [-0.2, -0.15) is 0 Å². The van der Waals surface area contributed by atoms with Gasteiger partial charge in [-0.25, -0.2) is 8.42 Å². The van der Waals surface area contributed by atoms with Crippen LogP contribution in [-0.4, -0.2) is 13.0 Å². The molecule has 2 aromatic rings. The molecular formula is C12H11NaO3S. The van der Waals surface area contributed by atoms with E-state index in [0.29, 0.717) is 12.0 Å². The first-order valence-corrected chi connectivity index (χ1v) is 6.41. The standard InChI is InChI=1S/C12H12O3S.Na/c1-2-9-7-10-5-3-4-6-11(10)8-12(9)16(13,14)15;/h3-8H,2H2,1H3,(H,13,14,15);/q;+1/p-1. The second-order valence-electron chi connectivity index (χ2n) is 3.61. The first-order chi connectivity index (χ1) is 7.52. The molecule has 0 aliphatic carbocycles. The molecule has 84 valence electrons. The van der Waals surface area contributed by atoms with Crippen LogP contribution in [0.5, 0.6) is 0 Å². The Morgan fingerprint density at radius 3 is 2.12 bits per heavy atom. The van der Waals surface area contributed by atoms with Crippen LogP contribution in [0, 0.1) is 0 Å². The Morgan fingerprint density at radius 1 is 1.12 bits per heavy atom. The van der Waals surface area contributed by atoms with Gasteiger partial charge in [0.2, 0.25) is 0 Å². The summed E-state index contributed by atoms with van der Waals surface area (Å²) >= 11 is 0. The van der Waals surface area contributed by atoms with E-state index in [-0.39, 0.29) is 34.5 Å². The third kappa shape index (κ3) is 3.09. The monoisotopic (exact) mass is 258 g/mol. The van der Waals surface area contributed by atoms with E-state index in [1.165, 1.54) is 6.07 Å². The maximum Gasteiger partial charge on any atom is 1.00 e. The molecule has 0 aliphatic rings. The van der Waals surface area contributed by atoms with Crippen molar-refractivity contribution in [2.45, 2.75) is 18.2 Å². The van der Waals surface area contributed by atoms with E-state index in [1.54, 1.807) is 12.1 Å². The van der Waals surface area contributed by atoms with Crippen LogP contribution < -0.4 is 29.6 Å². The SMILES string of the molecule is CCc1cc2ccccc2cc1S(=O)(=O)[O-].[Na+]. The minimum absolute atomic E-state index is 0. The summed E-state index contributed by atoms with van der Waals surface area (Å²) in [6.07, 6.45) is 0.529. The minimum atomic E-state index is -4.39. The number of rotatable bonds is 2. The smallest absolute Gasteiger partial charge is 0.744 e. The molecule has 17 heavy (non-hydrogen) atoms. The van der Waals surface area contributed by atoms with E-state index >= 15 is 0 Å². The Labute approximate surface area is 123 Å². The summed E-state index contributed by atoms with van der Waals surface area (Å²) in [6, 6.07) is 10.6. The molecule has 0 bridgehead atoms. The van der Waals surface area contributed by atoms with Crippen LogP contribution in [-0.2, 0) is 16.5 Å². The summed E-state index contributed by atoms with van der Waals surface area (Å²) in [5, 5.41) is 1.72. The average molecular weight is 258 g/mol. The van der Waals surface area contributed by atoms with Crippen molar-refractivity contribution < 1.29 is 42.5 Å². The molecule has 0 radical (unpaired) electrons. The molecule has 0 amide bonds. The molecule has 0 N–H and O–H groups in total. The van der Waals surface area contributed by atoms with Crippen LogP contribution in [0.3, 0.4) is 0 Å². The molecule has 2 rings (SSSR count). The number of aryl methyl sites for hydroxylation is 1. The maximum atomic E-state index is 11.1. The molecule has 0 atom stereocenters. The molecule has 0 unspecified atom stereocenters. The molecule has 0 saturated carbocycles. The predicted octanol–water partition coefficient (Wildman–Crippen LogP) is -0.690. The Morgan fingerprint density at radius 2 is 1.65 bits per heavy atom. The van der Waals surface area contributed by atoms with Crippen molar-refractivity contribution in [2.24, 2.45) is 0 Å². The summed E-state index contributed by atoms with van der Waals surface area (Å²) in [5.74, 6) is 0. The van der Waals surface area contributed by atoms with Gasteiger partial charge in [0.05, 0.1) is 4.90 Å². The van der Waals surface area contributed by atoms with Crippen molar-refractivity contribution in [3.05, 3.63) is 42.0 Å². The fourth-order valence-electron chi connectivity index (χ4n) is 1.78. The summed E-state index contributed by atoms with van der Waals surface area (Å²) < 4.78 is 33.3. The Kier molecular flexibility index (Phi) is 4.75. The molecular weight excluding hydrogens is 247 g/mol. The normalized spacial score (nSPS) is 11.2. The molecule has 0 spiro atoms. The van der Waals surface area contributed by atoms with Gasteiger partial charge in [0, 0.05) is 0 Å². The largest absolute Gasteiger partial charge is 1.00 e. The molecule has 0 fully saturated rings. The molecule has 0 aliphatic heterocycles. The van der Waals surface area contributed by atoms with Crippen molar-refractivity contribution in [1.82, 2.24) is 0 Å². The maximum absolute atomic E-state index is 11.1. The average Bonchev–Trinajstić information content (AvgIpc) is 2.26. The number of hydrogen-bond donors (Lipinski definition) is 0. The van der Waals surface area contributed by atoms with Gasteiger partial charge in [-0.1, -0.05) is 31.2 Å². The zero-order chi connectivity index (χ0) is 11.8. The van der Waals surface area contributed by atoms with Gasteiger partial charge < -0.3 is 4.55 Å². The van der Waals surface area contributed by atoms with E-state index in [4.69, 9.17) is 0 Å². The zero-order valence-electron chi connectivity index (χ0n) is 9.80. The van der Waals surface area contributed by atoms with Gasteiger partial charge in [0.1, 0.15) is 10.1 Å². The third-order valence-corrected chi connectivity index (χ3v) is 3.50. The van der Waals surface area contributed by atoms with E-state index in [9.17, 15) is 13.0 Å². The zero-order valence-corrected chi connectivity index (χ0v) is 12.6. The first-order valence-electron chi connectivity index (χ1n) is 5.00. The Hall–Kier alpha value is -0.390. The van der Waals surface area contributed by atoms with Crippen molar-refractivity contribution in [3.8, 4) is 0 Å². The van der Waals surface area contributed by atoms with Crippen LogP contribution in [0.2, 0.25) is 0 Å². The topological polar surface area (TPSA) is 57.2 Å². The molecule has 2 aromatic carbocycles. The third-order valence-electron chi connectivity index (χ3n) is 2.58. The molecule has 0 heterocycles. The van der Waals surface area contributed by atoms with Crippen molar-refractivity contribution in [1.29, 1.82) is 0 Å². The van der Waals surface area contributed by atoms with E-state index in [1.807, 2.05) is 25.1 Å². The van der Waals surface area contributed by atoms with Crippen LogP contribution >= 0.6 is 0 Å². The molecule has 3 nitrogen and oxygen atoms in total. The summed E-state index contributed by atoms with van der Waals surface area (Å²) in [6.45, 7) is 1.83. The molecule has 0 aromatic heterocycles. The van der Waals surface area contributed by atoms with Gasteiger partial charge in [0.15, 0.2) is 0 Å². The van der Waals surface area contributed by atoms with Crippen molar-refractivity contribution in [2.75, 3.05) is 0 Å². The summed E-state index contributed by atoms with van der Waals surface area (Å²) in [7, 11) is -4.39. The fourth-order valence-corrected chi connectivity index (χ4v) is 2.57. The van der Waals surface area contributed by atoms with Gasteiger partial charge in [-0.15, -0.1) is 0 Å².